The summed E-state index contributed by atoms with van der Waals surface area (Å²) in [6.07, 6.45) is -4.53. The molecule has 0 spiro atoms. The smallest absolute Gasteiger partial charge is 0.318 e. The van der Waals surface area contributed by atoms with Crippen LogP contribution in [0, 0.1) is 20.8 Å². The van der Waals surface area contributed by atoms with Crippen molar-refractivity contribution >= 4 is 23.2 Å². The van der Waals surface area contributed by atoms with Crippen LogP contribution in [0.15, 0.2) is 36.4 Å². The molecule has 25 heavy (non-hydrogen) atoms. The zero-order valence-corrected chi connectivity index (χ0v) is 13.9. The van der Waals surface area contributed by atoms with Crippen LogP contribution in [-0.4, -0.2) is 11.8 Å². The maximum Gasteiger partial charge on any atom is 0.416 e. The maximum atomic E-state index is 12.7. The van der Waals surface area contributed by atoms with Crippen LogP contribution in [-0.2, 0) is 15.8 Å². The lowest BCUT2D eigenvalue weighted by molar-refractivity contribution is -0.137. The number of anilines is 2. The molecule has 2 amide bonds. The molecule has 0 aliphatic heterocycles. The maximum absolute atomic E-state index is 12.7. The van der Waals surface area contributed by atoms with Gasteiger partial charge < -0.3 is 10.6 Å². The number of carbonyl (C=O) groups excluding carboxylic acids is 2. The molecule has 7 heteroatoms. The fraction of sp³-hybridized carbons (Fsp3) is 0.222. The van der Waals surface area contributed by atoms with Crippen molar-refractivity contribution in [1.82, 2.24) is 0 Å². The molecule has 0 aliphatic rings. The third-order valence-electron chi connectivity index (χ3n) is 3.57. The number of aryl methyl sites for hydroxylation is 3. The van der Waals surface area contributed by atoms with Gasteiger partial charge in [0.25, 0.3) is 0 Å². The highest BCUT2D eigenvalue weighted by atomic mass is 19.4. The Balaban J connectivity index is 2.13. The molecule has 0 saturated heterocycles. The molecule has 0 radical (unpaired) electrons. The second-order valence-electron chi connectivity index (χ2n) is 5.76. The Bertz CT molecular complexity index is 806. The summed E-state index contributed by atoms with van der Waals surface area (Å²) in [7, 11) is 0. The highest BCUT2D eigenvalue weighted by molar-refractivity contribution is 6.43. The van der Waals surface area contributed by atoms with E-state index in [0.717, 1.165) is 34.9 Å². The van der Waals surface area contributed by atoms with Crippen molar-refractivity contribution in [3.8, 4) is 0 Å². The van der Waals surface area contributed by atoms with Gasteiger partial charge in [-0.25, -0.2) is 0 Å². The zero-order valence-electron chi connectivity index (χ0n) is 13.9. The molecule has 0 unspecified atom stereocenters. The summed E-state index contributed by atoms with van der Waals surface area (Å²) in [6.45, 7) is 5.49. The number of benzene rings is 2. The molecule has 0 atom stereocenters. The number of halogens is 3. The van der Waals surface area contributed by atoms with E-state index in [4.69, 9.17) is 0 Å². The summed E-state index contributed by atoms with van der Waals surface area (Å²) in [5.41, 5.74) is 2.09. The first-order valence-electron chi connectivity index (χ1n) is 7.45. The zero-order chi connectivity index (χ0) is 18.8. The van der Waals surface area contributed by atoms with E-state index >= 15 is 0 Å². The highest BCUT2D eigenvalue weighted by Gasteiger charge is 2.30. The quantitative estimate of drug-likeness (QED) is 0.797. The number of hydrogen-bond donors (Lipinski definition) is 2. The molecule has 0 saturated carbocycles. The van der Waals surface area contributed by atoms with Crippen molar-refractivity contribution < 1.29 is 22.8 Å². The van der Waals surface area contributed by atoms with E-state index < -0.39 is 23.6 Å². The van der Waals surface area contributed by atoms with Gasteiger partial charge in [0, 0.05) is 11.4 Å². The van der Waals surface area contributed by atoms with E-state index in [1.165, 1.54) is 6.07 Å². The summed E-state index contributed by atoms with van der Waals surface area (Å²) in [6, 6.07) is 7.80. The molecule has 2 aromatic rings. The topological polar surface area (TPSA) is 58.2 Å². The summed E-state index contributed by atoms with van der Waals surface area (Å²) in [4.78, 5) is 24.0. The Morgan fingerprint density at radius 2 is 1.44 bits per heavy atom. The van der Waals surface area contributed by atoms with Crippen molar-refractivity contribution in [2.75, 3.05) is 10.6 Å². The number of amides is 2. The van der Waals surface area contributed by atoms with Crippen LogP contribution in [0.2, 0.25) is 0 Å². The number of carbonyl (C=O) groups is 2. The van der Waals surface area contributed by atoms with Crippen molar-refractivity contribution in [2.45, 2.75) is 26.9 Å². The van der Waals surface area contributed by atoms with Gasteiger partial charge in [-0.3, -0.25) is 9.59 Å². The first kappa shape index (κ1) is 18.5. The monoisotopic (exact) mass is 350 g/mol. The average Bonchev–Trinajstić information content (AvgIpc) is 2.50. The van der Waals surface area contributed by atoms with Crippen LogP contribution in [0.3, 0.4) is 0 Å². The van der Waals surface area contributed by atoms with Crippen molar-refractivity contribution in [3.05, 3.63) is 58.7 Å². The summed E-state index contributed by atoms with van der Waals surface area (Å²) < 4.78 is 38.0. The van der Waals surface area contributed by atoms with Gasteiger partial charge >= 0.3 is 18.0 Å². The van der Waals surface area contributed by atoms with E-state index in [1.54, 1.807) is 13.8 Å². The molecule has 0 aromatic heterocycles. The Morgan fingerprint density at radius 3 is 2.00 bits per heavy atom. The average molecular weight is 350 g/mol. The summed E-state index contributed by atoms with van der Waals surface area (Å²) >= 11 is 0. The van der Waals surface area contributed by atoms with Gasteiger partial charge in [0.2, 0.25) is 0 Å². The van der Waals surface area contributed by atoms with Gasteiger partial charge in [-0.1, -0.05) is 23.8 Å². The number of hydrogen-bond acceptors (Lipinski definition) is 2. The van der Waals surface area contributed by atoms with E-state index in [9.17, 15) is 22.8 Å². The van der Waals surface area contributed by atoms with Crippen LogP contribution in [0.1, 0.15) is 22.3 Å². The third kappa shape index (κ3) is 4.59. The van der Waals surface area contributed by atoms with Gasteiger partial charge in [0.15, 0.2) is 0 Å². The molecule has 0 fully saturated rings. The van der Waals surface area contributed by atoms with E-state index in [-0.39, 0.29) is 5.69 Å². The molecule has 2 N–H and O–H groups in total. The molecule has 0 aliphatic carbocycles. The summed E-state index contributed by atoms with van der Waals surface area (Å²) in [5, 5.41) is 4.67. The predicted molar refractivity (Wildman–Crippen MR) is 89.4 cm³/mol. The van der Waals surface area contributed by atoms with Crippen LogP contribution < -0.4 is 10.6 Å². The van der Waals surface area contributed by atoms with E-state index in [1.807, 2.05) is 19.1 Å². The Morgan fingerprint density at radius 1 is 0.880 bits per heavy atom. The normalized spacial score (nSPS) is 11.1. The van der Waals surface area contributed by atoms with E-state index in [2.05, 4.69) is 10.6 Å². The Kier molecular flexibility index (Phi) is 5.15. The lowest BCUT2D eigenvalue weighted by Crippen LogP contribution is -2.29. The van der Waals surface area contributed by atoms with Crippen molar-refractivity contribution in [2.24, 2.45) is 0 Å². The molecule has 4 nitrogen and oxygen atoms in total. The number of alkyl halides is 3. The fourth-order valence-electron chi connectivity index (χ4n) is 2.51. The number of nitrogens with one attached hydrogen (secondary N) is 2. The van der Waals surface area contributed by atoms with Crippen LogP contribution in [0.4, 0.5) is 24.5 Å². The highest BCUT2D eigenvalue weighted by Crippen LogP contribution is 2.30. The molecule has 132 valence electrons. The molecule has 2 aromatic carbocycles. The minimum atomic E-state index is -4.53. The van der Waals surface area contributed by atoms with Gasteiger partial charge in [-0.15, -0.1) is 0 Å². The van der Waals surface area contributed by atoms with Crippen molar-refractivity contribution in [1.29, 1.82) is 0 Å². The second-order valence-corrected chi connectivity index (χ2v) is 5.76. The largest absolute Gasteiger partial charge is 0.416 e. The van der Waals surface area contributed by atoms with Crippen LogP contribution >= 0.6 is 0 Å². The first-order chi connectivity index (χ1) is 11.6. The lowest BCUT2D eigenvalue weighted by atomic mass is 10.1. The first-order valence-corrected chi connectivity index (χ1v) is 7.45. The lowest BCUT2D eigenvalue weighted by Gasteiger charge is -2.13. The molecule has 0 bridgehead atoms. The standard InChI is InChI=1S/C18H17F3N2O2/c1-10-7-11(2)15(12(3)8-10)23-17(25)16(24)22-14-6-4-5-13(9-14)18(19,20)21/h4-9H,1-3H3,(H,22,24)(H,23,25). The predicted octanol–water partition coefficient (Wildman–Crippen LogP) is 4.21. The molecular formula is C18H17F3N2O2. The summed E-state index contributed by atoms with van der Waals surface area (Å²) in [5.74, 6) is -1.99. The fourth-order valence-corrected chi connectivity index (χ4v) is 2.51. The second kappa shape index (κ2) is 6.96. The van der Waals surface area contributed by atoms with Gasteiger partial charge in [-0.05, 0) is 50.1 Å². The van der Waals surface area contributed by atoms with Gasteiger partial charge in [0.05, 0.1) is 5.56 Å². The minimum Gasteiger partial charge on any atom is -0.318 e. The van der Waals surface area contributed by atoms with Crippen molar-refractivity contribution in [3.63, 3.8) is 0 Å². The van der Waals surface area contributed by atoms with Crippen LogP contribution in [0.5, 0.6) is 0 Å². The SMILES string of the molecule is Cc1cc(C)c(NC(=O)C(=O)Nc2cccc(C(F)(F)F)c2)c(C)c1. The number of rotatable bonds is 2. The van der Waals surface area contributed by atoms with Gasteiger partial charge in [-0.2, -0.15) is 13.2 Å². The minimum absolute atomic E-state index is 0.104. The third-order valence-corrected chi connectivity index (χ3v) is 3.57. The Labute approximate surface area is 143 Å². The van der Waals surface area contributed by atoms with Gasteiger partial charge in [0.1, 0.15) is 0 Å². The van der Waals surface area contributed by atoms with E-state index in [0.29, 0.717) is 5.69 Å². The molecular weight excluding hydrogens is 333 g/mol. The molecule has 0 heterocycles. The Hall–Kier alpha value is -2.83. The van der Waals surface area contributed by atoms with Crippen LogP contribution in [0.25, 0.3) is 0 Å². The molecule has 2 rings (SSSR count).